The zero-order valence-corrected chi connectivity index (χ0v) is 20.8. The Bertz CT molecular complexity index is 1500. The fraction of sp³-hybridized carbons (Fsp3) is 0.500. The van der Waals surface area contributed by atoms with Crippen molar-refractivity contribution < 1.29 is 31.4 Å². The number of anilines is 1. The van der Waals surface area contributed by atoms with Crippen molar-refractivity contribution in [1.82, 2.24) is 34.5 Å². The van der Waals surface area contributed by atoms with Gasteiger partial charge in [-0.1, -0.05) is 11.3 Å². The molecule has 0 bridgehead atoms. The fourth-order valence-corrected chi connectivity index (χ4v) is 5.05. The summed E-state index contributed by atoms with van der Waals surface area (Å²) in [7, 11) is 1.33. The number of fused-ring (bicyclic) bond motifs is 2. The van der Waals surface area contributed by atoms with Gasteiger partial charge in [-0.2, -0.15) is 4.98 Å². The Labute approximate surface area is 218 Å². The third kappa shape index (κ3) is 4.73. The lowest BCUT2D eigenvalue weighted by Gasteiger charge is -2.44. The lowest BCUT2D eigenvalue weighted by molar-refractivity contribution is -0.131. The van der Waals surface area contributed by atoms with Crippen molar-refractivity contribution in [3.8, 4) is 17.0 Å². The highest BCUT2D eigenvalue weighted by Crippen LogP contribution is 2.36. The van der Waals surface area contributed by atoms with Crippen molar-refractivity contribution in [2.24, 2.45) is 0 Å². The van der Waals surface area contributed by atoms with Gasteiger partial charge in [0.1, 0.15) is 11.0 Å². The summed E-state index contributed by atoms with van der Waals surface area (Å²) in [5.74, 6) is -3.87. The molecule has 2 aliphatic rings. The minimum Gasteiger partial charge on any atom is -0.479 e. The van der Waals surface area contributed by atoms with Crippen LogP contribution in [0.1, 0.15) is 12.8 Å². The minimum atomic E-state index is -3.05. The Morgan fingerprint density at radius 2 is 2.08 bits per heavy atom. The summed E-state index contributed by atoms with van der Waals surface area (Å²) in [6, 6.07) is 3.59. The first kappa shape index (κ1) is 25.7. The predicted molar refractivity (Wildman–Crippen MR) is 130 cm³/mol. The molecular weight excluding hydrogens is 527 g/mol. The van der Waals surface area contributed by atoms with Crippen LogP contribution in [0.25, 0.3) is 27.7 Å². The van der Waals surface area contributed by atoms with E-state index >= 15 is 4.39 Å². The van der Waals surface area contributed by atoms with Crippen LogP contribution in [0.5, 0.6) is 5.88 Å². The van der Waals surface area contributed by atoms with E-state index in [0.29, 0.717) is 36.4 Å². The van der Waals surface area contributed by atoms with Crippen molar-refractivity contribution in [2.75, 3.05) is 38.7 Å². The summed E-state index contributed by atoms with van der Waals surface area (Å²) in [4.78, 5) is 5.99. The Morgan fingerprint density at radius 1 is 1.26 bits per heavy atom. The molecular formula is C24H25F5N8O2. The molecule has 2 fully saturated rings. The summed E-state index contributed by atoms with van der Waals surface area (Å²) < 4.78 is 83.8. The van der Waals surface area contributed by atoms with E-state index in [2.05, 4.69) is 25.7 Å². The van der Waals surface area contributed by atoms with Gasteiger partial charge in [-0.15, -0.1) is 10.2 Å². The maximum Gasteiger partial charge on any atom is 0.280 e. The fourth-order valence-electron chi connectivity index (χ4n) is 5.05. The number of aryl methyl sites for hydroxylation is 1. The Balaban J connectivity index is 1.31. The zero-order chi connectivity index (χ0) is 27.3. The van der Waals surface area contributed by atoms with Gasteiger partial charge in [0.05, 0.1) is 56.2 Å². The number of rotatable bonds is 8. The maximum absolute atomic E-state index is 15.3. The Morgan fingerprint density at radius 3 is 2.77 bits per heavy atom. The number of likely N-dealkylation sites (tertiary alicyclic amines) is 1. The van der Waals surface area contributed by atoms with Gasteiger partial charge in [0.2, 0.25) is 18.3 Å². The van der Waals surface area contributed by atoms with Crippen LogP contribution in [0, 0.1) is 5.82 Å². The van der Waals surface area contributed by atoms with Crippen LogP contribution in [0.2, 0.25) is 0 Å². The molecule has 2 aliphatic heterocycles. The summed E-state index contributed by atoms with van der Waals surface area (Å²) >= 11 is 0. The van der Waals surface area contributed by atoms with Gasteiger partial charge in [-0.25, -0.2) is 31.1 Å². The molecule has 4 aromatic rings. The largest absolute Gasteiger partial charge is 0.479 e. The van der Waals surface area contributed by atoms with E-state index < -0.39 is 37.2 Å². The molecule has 208 valence electrons. The Hall–Kier alpha value is -3.59. The SMILES string of the molecule is COc1nc(N[C@@H]2CCN(C3COC3)CC2(F)F)nn2cc(F)c(-c3ccc4nnn(CCC(F)F)c4c3)c12. The predicted octanol–water partition coefficient (Wildman–Crippen LogP) is 3.46. The number of ether oxygens (including phenoxy) is 2. The number of halogens is 5. The summed E-state index contributed by atoms with van der Waals surface area (Å²) in [5.41, 5.74) is 1.58. The quantitative estimate of drug-likeness (QED) is 0.332. The molecule has 5 heterocycles. The van der Waals surface area contributed by atoms with Gasteiger partial charge in [0, 0.05) is 19.5 Å². The second-order valence-electron chi connectivity index (χ2n) is 9.69. The first-order valence-corrected chi connectivity index (χ1v) is 12.4. The van der Waals surface area contributed by atoms with Crippen molar-refractivity contribution in [3.63, 3.8) is 0 Å². The number of nitrogens with one attached hydrogen (secondary N) is 1. The molecule has 39 heavy (non-hydrogen) atoms. The van der Waals surface area contributed by atoms with Crippen molar-refractivity contribution >= 4 is 22.5 Å². The molecule has 10 nitrogen and oxygen atoms in total. The standard InChI is InChI=1S/C24H25F5N8O2/c1-38-22-21-20(13-2-3-16-17(8-13)36(34-32-16)7-5-19(26)27)15(25)9-37(21)33-23(31-22)30-18-4-6-35(12-24(18,28)29)14-10-39-11-14/h2-3,8-9,14,18-19H,4-7,10-12H2,1H3,(H,30,33)/t18-/m1/s1. The van der Waals surface area contributed by atoms with Crippen LogP contribution in [-0.2, 0) is 11.3 Å². The molecule has 0 radical (unpaired) electrons. The third-order valence-corrected chi connectivity index (χ3v) is 7.18. The van der Waals surface area contributed by atoms with E-state index in [0.717, 1.165) is 6.20 Å². The van der Waals surface area contributed by atoms with Crippen LogP contribution < -0.4 is 10.1 Å². The number of alkyl halides is 4. The first-order chi connectivity index (χ1) is 18.7. The Kier molecular flexibility index (Phi) is 6.49. The molecule has 1 N–H and O–H groups in total. The minimum absolute atomic E-state index is 0.00346. The van der Waals surface area contributed by atoms with E-state index in [1.807, 2.05) is 0 Å². The van der Waals surface area contributed by atoms with E-state index in [4.69, 9.17) is 9.47 Å². The van der Waals surface area contributed by atoms with Crippen LogP contribution >= 0.6 is 0 Å². The molecule has 1 atom stereocenters. The lowest BCUT2D eigenvalue weighted by atomic mass is 9.98. The van der Waals surface area contributed by atoms with E-state index in [1.54, 1.807) is 23.1 Å². The van der Waals surface area contributed by atoms with Crippen molar-refractivity contribution in [3.05, 3.63) is 30.2 Å². The molecule has 0 unspecified atom stereocenters. The van der Waals surface area contributed by atoms with E-state index in [1.165, 1.54) is 16.3 Å². The molecule has 0 amide bonds. The summed E-state index contributed by atoms with van der Waals surface area (Å²) in [6.45, 7) is 0.901. The van der Waals surface area contributed by atoms with E-state index in [-0.39, 0.29) is 41.9 Å². The highest BCUT2D eigenvalue weighted by atomic mass is 19.3. The number of hydrogen-bond donors (Lipinski definition) is 1. The average Bonchev–Trinajstić information content (AvgIpc) is 3.41. The van der Waals surface area contributed by atoms with Gasteiger partial charge in [0.25, 0.3) is 5.92 Å². The van der Waals surface area contributed by atoms with Crippen molar-refractivity contribution in [1.29, 1.82) is 0 Å². The normalized spacial score (nSPS) is 20.1. The van der Waals surface area contributed by atoms with E-state index in [9.17, 15) is 17.6 Å². The summed E-state index contributed by atoms with van der Waals surface area (Å²) in [5, 5.41) is 14.9. The average molecular weight is 553 g/mol. The molecule has 2 saturated heterocycles. The van der Waals surface area contributed by atoms with Crippen LogP contribution in [0.3, 0.4) is 0 Å². The zero-order valence-electron chi connectivity index (χ0n) is 20.8. The number of piperidine rings is 1. The highest BCUT2D eigenvalue weighted by Gasteiger charge is 2.47. The first-order valence-electron chi connectivity index (χ1n) is 12.4. The van der Waals surface area contributed by atoms with Gasteiger partial charge < -0.3 is 14.8 Å². The number of nitrogens with zero attached hydrogens (tertiary/aromatic N) is 7. The topological polar surface area (TPSA) is 94.6 Å². The second kappa shape index (κ2) is 9.86. The van der Waals surface area contributed by atoms with Gasteiger partial charge in [-0.3, -0.25) is 4.90 Å². The number of benzene rings is 1. The number of methoxy groups -OCH3 is 1. The maximum atomic E-state index is 15.3. The molecule has 0 saturated carbocycles. The lowest BCUT2D eigenvalue weighted by Crippen LogP contribution is -2.61. The van der Waals surface area contributed by atoms with Gasteiger partial charge in [-0.05, 0) is 24.1 Å². The molecule has 6 rings (SSSR count). The van der Waals surface area contributed by atoms with Gasteiger partial charge >= 0.3 is 0 Å². The smallest absolute Gasteiger partial charge is 0.280 e. The molecule has 0 aliphatic carbocycles. The van der Waals surface area contributed by atoms with Crippen LogP contribution in [-0.4, -0.2) is 92.3 Å². The van der Waals surface area contributed by atoms with Crippen LogP contribution in [0.15, 0.2) is 24.4 Å². The molecule has 1 aromatic carbocycles. The van der Waals surface area contributed by atoms with Crippen molar-refractivity contribution in [2.45, 2.75) is 43.8 Å². The van der Waals surface area contributed by atoms with Crippen LogP contribution in [0.4, 0.5) is 27.9 Å². The third-order valence-electron chi connectivity index (χ3n) is 7.18. The molecule has 15 heteroatoms. The number of aromatic nitrogens is 6. The molecule has 3 aromatic heterocycles. The monoisotopic (exact) mass is 552 g/mol. The summed E-state index contributed by atoms with van der Waals surface area (Å²) in [6.07, 6.45) is -1.65. The number of hydrogen-bond acceptors (Lipinski definition) is 8. The highest BCUT2D eigenvalue weighted by molar-refractivity contribution is 5.89. The second-order valence-corrected chi connectivity index (χ2v) is 9.69. The van der Waals surface area contributed by atoms with Gasteiger partial charge in [0.15, 0.2) is 5.82 Å². The molecule has 0 spiro atoms.